The highest BCUT2D eigenvalue weighted by molar-refractivity contribution is 5.84. The third-order valence-electron chi connectivity index (χ3n) is 5.44. The summed E-state index contributed by atoms with van der Waals surface area (Å²) in [6.45, 7) is 4.06. The van der Waals surface area contributed by atoms with Crippen LogP contribution in [-0.2, 0) is 4.74 Å². The van der Waals surface area contributed by atoms with E-state index in [1.807, 2.05) is 0 Å². The van der Waals surface area contributed by atoms with Crippen molar-refractivity contribution in [2.24, 2.45) is 0 Å². The van der Waals surface area contributed by atoms with Gasteiger partial charge in [-0.2, -0.15) is 0 Å². The van der Waals surface area contributed by atoms with Gasteiger partial charge in [0, 0.05) is 30.6 Å². The van der Waals surface area contributed by atoms with Crippen LogP contribution in [0.15, 0.2) is 24.5 Å². The predicted octanol–water partition coefficient (Wildman–Crippen LogP) is 2.71. The molecule has 1 aromatic carbocycles. The minimum atomic E-state index is 0.484. The van der Waals surface area contributed by atoms with E-state index in [0.29, 0.717) is 12.0 Å². The van der Waals surface area contributed by atoms with Gasteiger partial charge in [0.2, 0.25) is 0 Å². The summed E-state index contributed by atoms with van der Waals surface area (Å²) in [5, 5.41) is 4.65. The van der Waals surface area contributed by atoms with Crippen LogP contribution in [0.1, 0.15) is 37.3 Å². The Morgan fingerprint density at radius 3 is 2.92 bits per heavy atom. The smallest absolute Gasteiger partial charge is 0.116 e. The highest BCUT2D eigenvalue weighted by Gasteiger charge is 2.25. The molecule has 24 heavy (non-hydrogen) atoms. The SMILES string of the molecule is COCC1CCCN1c1ccc2c(C3CCNCC3)ncnc2c1. The van der Waals surface area contributed by atoms with Crippen molar-refractivity contribution in [1.82, 2.24) is 15.3 Å². The van der Waals surface area contributed by atoms with E-state index in [0.717, 1.165) is 44.6 Å². The van der Waals surface area contributed by atoms with Crippen molar-refractivity contribution in [3.8, 4) is 0 Å². The van der Waals surface area contributed by atoms with Gasteiger partial charge in [-0.3, -0.25) is 0 Å². The summed E-state index contributed by atoms with van der Waals surface area (Å²) < 4.78 is 5.39. The lowest BCUT2D eigenvalue weighted by Gasteiger charge is -2.27. The van der Waals surface area contributed by atoms with E-state index in [1.54, 1.807) is 13.4 Å². The van der Waals surface area contributed by atoms with Crippen molar-refractivity contribution < 1.29 is 4.74 Å². The summed E-state index contributed by atoms with van der Waals surface area (Å²) in [5.74, 6) is 0.552. The van der Waals surface area contributed by atoms with Crippen molar-refractivity contribution in [3.63, 3.8) is 0 Å². The van der Waals surface area contributed by atoms with Crippen molar-refractivity contribution in [2.45, 2.75) is 37.6 Å². The lowest BCUT2D eigenvalue weighted by molar-refractivity contribution is 0.181. The van der Waals surface area contributed by atoms with Gasteiger partial charge in [0.25, 0.3) is 0 Å². The molecule has 128 valence electrons. The first-order valence-electron chi connectivity index (χ1n) is 9.08. The van der Waals surface area contributed by atoms with Gasteiger partial charge in [0.1, 0.15) is 6.33 Å². The zero-order valence-electron chi connectivity index (χ0n) is 14.4. The molecule has 1 unspecified atom stereocenters. The van der Waals surface area contributed by atoms with Gasteiger partial charge in [0.05, 0.1) is 23.9 Å². The maximum Gasteiger partial charge on any atom is 0.116 e. The molecular formula is C19H26N4O. The van der Waals surface area contributed by atoms with Crippen molar-refractivity contribution >= 4 is 16.6 Å². The Labute approximate surface area is 143 Å². The number of nitrogens with zero attached hydrogens (tertiary/aromatic N) is 3. The number of aromatic nitrogens is 2. The van der Waals surface area contributed by atoms with E-state index < -0.39 is 0 Å². The molecule has 3 heterocycles. The molecule has 5 heteroatoms. The average molecular weight is 326 g/mol. The Hall–Kier alpha value is -1.72. The number of nitrogens with one attached hydrogen (secondary N) is 1. The van der Waals surface area contributed by atoms with E-state index in [4.69, 9.17) is 4.74 Å². The average Bonchev–Trinajstić information content (AvgIpc) is 3.10. The van der Waals surface area contributed by atoms with Crippen LogP contribution in [0.5, 0.6) is 0 Å². The zero-order valence-corrected chi connectivity index (χ0v) is 14.4. The molecule has 2 aliphatic rings. The number of anilines is 1. The van der Waals surface area contributed by atoms with Gasteiger partial charge in [-0.25, -0.2) is 9.97 Å². The summed E-state index contributed by atoms with van der Waals surface area (Å²) in [7, 11) is 1.79. The summed E-state index contributed by atoms with van der Waals surface area (Å²) in [6.07, 6.45) is 6.50. The molecule has 2 fully saturated rings. The fourth-order valence-corrected chi connectivity index (χ4v) is 4.21. The normalized spacial score (nSPS) is 22.4. The van der Waals surface area contributed by atoms with Crippen LogP contribution in [0.4, 0.5) is 5.69 Å². The molecule has 5 nitrogen and oxygen atoms in total. The van der Waals surface area contributed by atoms with Crippen molar-refractivity contribution in [3.05, 3.63) is 30.2 Å². The number of hydrogen-bond acceptors (Lipinski definition) is 5. The molecule has 1 N–H and O–H groups in total. The van der Waals surface area contributed by atoms with Crippen molar-refractivity contribution in [2.75, 3.05) is 38.3 Å². The Bertz CT molecular complexity index is 699. The van der Waals surface area contributed by atoms with Crippen molar-refractivity contribution in [1.29, 1.82) is 0 Å². The maximum absolute atomic E-state index is 5.39. The topological polar surface area (TPSA) is 50.3 Å². The Morgan fingerprint density at radius 2 is 2.08 bits per heavy atom. The molecular weight excluding hydrogens is 300 g/mol. The quantitative estimate of drug-likeness (QED) is 0.936. The first-order chi connectivity index (χ1) is 11.9. The van der Waals surface area contributed by atoms with Gasteiger partial charge in [-0.05, 0) is 57.0 Å². The number of rotatable bonds is 4. The maximum atomic E-state index is 5.39. The monoisotopic (exact) mass is 326 g/mol. The fraction of sp³-hybridized carbons (Fsp3) is 0.579. The molecule has 4 rings (SSSR count). The summed E-state index contributed by atoms with van der Waals surface area (Å²) in [5.41, 5.74) is 3.55. The number of hydrogen-bond donors (Lipinski definition) is 1. The Balaban J connectivity index is 1.66. The minimum absolute atomic E-state index is 0.484. The molecule has 0 aliphatic carbocycles. The lowest BCUT2D eigenvalue weighted by Crippen LogP contribution is -2.32. The van der Waals surface area contributed by atoms with Gasteiger partial charge >= 0.3 is 0 Å². The molecule has 2 aromatic rings. The number of methoxy groups -OCH3 is 1. The molecule has 0 radical (unpaired) electrons. The van der Waals surface area contributed by atoms with Gasteiger partial charge in [-0.15, -0.1) is 0 Å². The molecule has 2 aliphatic heterocycles. The van der Waals surface area contributed by atoms with Crippen LogP contribution >= 0.6 is 0 Å². The van der Waals surface area contributed by atoms with Crippen LogP contribution in [0.2, 0.25) is 0 Å². The second-order valence-electron chi connectivity index (χ2n) is 6.93. The fourth-order valence-electron chi connectivity index (χ4n) is 4.21. The van der Waals surface area contributed by atoms with Crippen LogP contribution in [0.25, 0.3) is 10.9 Å². The van der Waals surface area contributed by atoms with Gasteiger partial charge in [-0.1, -0.05) is 0 Å². The molecule has 0 amide bonds. The first-order valence-corrected chi connectivity index (χ1v) is 9.08. The van der Waals surface area contributed by atoms with Gasteiger partial charge in [0.15, 0.2) is 0 Å². The largest absolute Gasteiger partial charge is 0.383 e. The van der Waals surface area contributed by atoms with E-state index in [-0.39, 0.29) is 0 Å². The molecule has 1 aromatic heterocycles. The number of ether oxygens (including phenoxy) is 1. The number of benzene rings is 1. The molecule has 0 saturated carbocycles. The molecule has 0 spiro atoms. The number of piperidine rings is 1. The lowest BCUT2D eigenvalue weighted by atomic mass is 9.92. The molecule has 0 bridgehead atoms. The summed E-state index contributed by atoms with van der Waals surface area (Å²) in [6, 6.07) is 7.18. The summed E-state index contributed by atoms with van der Waals surface area (Å²) >= 11 is 0. The zero-order chi connectivity index (χ0) is 16.4. The molecule has 1 atom stereocenters. The van der Waals surface area contributed by atoms with E-state index >= 15 is 0 Å². The minimum Gasteiger partial charge on any atom is -0.383 e. The molecule has 2 saturated heterocycles. The summed E-state index contributed by atoms with van der Waals surface area (Å²) in [4.78, 5) is 11.7. The highest BCUT2D eigenvalue weighted by Crippen LogP contribution is 2.32. The third-order valence-corrected chi connectivity index (χ3v) is 5.44. The van der Waals surface area contributed by atoms with Crippen LogP contribution in [-0.4, -0.2) is 49.4 Å². The first kappa shape index (κ1) is 15.8. The third kappa shape index (κ3) is 2.98. The Morgan fingerprint density at radius 1 is 1.21 bits per heavy atom. The van der Waals surface area contributed by atoms with E-state index in [9.17, 15) is 0 Å². The van der Waals surface area contributed by atoms with Crippen LogP contribution < -0.4 is 10.2 Å². The van der Waals surface area contributed by atoms with Crippen LogP contribution in [0.3, 0.4) is 0 Å². The second-order valence-corrected chi connectivity index (χ2v) is 6.93. The highest BCUT2D eigenvalue weighted by atomic mass is 16.5. The van der Waals surface area contributed by atoms with E-state index in [2.05, 4.69) is 38.4 Å². The Kier molecular flexibility index (Phi) is 4.63. The standard InChI is InChI=1S/C19H26N4O/c1-24-12-16-3-2-10-23(16)15-4-5-17-18(11-15)21-13-22-19(17)14-6-8-20-9-7-14/h4-5,11,13-14,16,20H,2-3,6-10,12H2,1H3. The predicted molar refractivity (Wildman–Crippen MR) is 96.6 cm³/mol. The number of fused-ring (bicyclic) bond motifs is 1. The second kappa shape index (κ2) is 7.03. The van der Waals surface area contributed by atoms with Crippen LogP contribution in [0, 0.1) is 0 Å². The van der Waals surface area contributed by atoms with Gasteiger partial charge < -0.3 is 15.0 Å². The van der Waals surface area contributed by atoms with E-state index in [1.165, 1.54) is 29.6 Å².